The van der Waals surface area contributed by atoms with Crippen molar-refractivity contribution >= 4 is 19.9 Å². The van der Waals surface area contributed by atoms with Gasteiger partial charge in [0, 0.05) is 30.8 Å². The second kappa shape index (κ2) is 9.03. The Hall–Kier alpha value is -2.71. The average molecular weight is 457 g/mol. The van der Waals surface area contributed by atoms with Gasteiger partial charge in [0.2, 0.25) is 5.91 Å². The highest BCUT2D eigenvalue weighted by Crippen LogP contribution is 2.39. The zero-order chi connectivity index (χ0) is 23.7. The molecule has 1 heterocycles. The van der Waals surface area contributed by atoms with Crippen LogP contribution in [0.3, 0.4) is 0 Å². The molecule has 8 heteroatoms. The lowest BCUT2D eigenvalue weighted by Gasteiger charge is -2.38. The molecule has 0 N–H and O–H groups in total. The molecule has 1 amide bonds. The lowest BCUT2D eigenvalue weighted by atomic mass is 10.0. The van der Waals surface area contributed by atoms with E-state index in [2.05, 4.69) is 33.9 Å². The molecule has 172 valence electrons. The molecule has 2 aromatic carbocycles. The molecule has 1 aliphatic heterocycles. The van der Waals surface area contributed by atoms with Crippen LogP contribution in [0.5, 0.6) is 5.75 Å². The van der Waals surface area contributed by atoms with Gasteiger partial charge in [-0.15, -0.1) is 0 Å². The molecule has 3 rings (SSSR count). The summed E-state index contributed by atoms with van der Waals surface area (Å²) in [5.41, 5.74) is 2.42. The zero-order valence-electron chi connectivity index (χ0n) is 19.7. The van der Waals surface area contributed by atoms with E-state index in [9.17, 15) is 14.9 Å². The number of hydrogen-bond acceptors (Lipinski definition) is 5. The highest BCUT2D eigenvalue weighted by Gasteiger charge is 2.42. The van der Waals surface area contributed by atoms with Crippen molar-refractivity contribution in [1.82, 2.24) is 4.90 Å². The molecule has 0 unspecified atom stereocenters. The van der Waals surface area contributed by atoms with Crippen molar-refractivity contribution in [3.63, 3.8) is 0 Å². The van der Waals surface area contributed by atoms with Crippen molar-refractivity contribution in [1.29, 1.82) is 0 Å². The van der Waals surface area contributed by atoms with Crippen molar-refractivity contribution in [3.8, 4) is 16.9 Å². The maximum atomic E-state index is 12.7. The van der Waals surface area contributed by atoms with Gasteiger partial charge < -0.3 is 14.1 Å². The predicted molar refractivity (Wildman–Crippen MR) is 127 cm³/mol. The number of likely N-dealkylation sites (tertiary alicyclic amines) is 1. The maximum absolute atomic E-state index is 12.7. The third kappa shape index (κ3) is 5.19. The number of rotatable bonds is 7. The Balaban J connectivity index is 1.80. The van der Waals surface area contributed by atoms with Gasteiger partial charge in [0.1, 0.15) is 5.75 Å². The molecule has 0 bridgehead atoms. The van der Waals surface area contributed by atoms with Gasteiger partial charge in [-0.1, -0.05) is 39.0 Å². The molecule has 2 aromatic rings. The number of nitro benzene ring substituents is 1. The molecule has 0 aromatic heterocycles. The molecule has 32 heavy (non-hydrogen) atoms. The highest BCUT2D eigenvalue weighted by molar-refractivity contribution is 6.74. The minimum atomic E-state index is -1.95. The number of non-ortho nitro benzene ring substituents is 1. The fourth-order valence-electron chi connectivity index (χ4n) is 3.65. The van der Waals surface area contributed by atoms with Crippen molar-refractivity contribution < 1.29 is 18.9 Å². The number of carbonyl (C=O) groups is 1. The van der Waals surface area contributed by atoms with E-state index in [1.165, 1.54) is 12.1 Å². The van der Waals surface area contributed by atoms with Crippen molar-refractivity contribution in [2.45, 2.75) is 58.0 Å². The van der Waals surface area contributed by atoms with Crippen LogP contribution in [-0.4, -0.2) is 43.8 Å². The first-order chi connectivity index (χ1) is 14.9. The number of amides is 1. The highest BCUT2D eigenvalue weighted by atomic mass is 28.4. The Labute approximate surface area is 190 Å². The Morgan fingerprint density at radius 2 is 1.91 bits per heavy atom. The first-order valence-corrected chi connectivity index (χ1v) is 13.7. The van der Waals surface area contributed by atoms with Gasteiger partial charge in [0.05, 0.1) is 24.6 Å². The molecule has 1 atom stereocenters. The van der Waals surface area contributed by atoms with Crippen LogP contribution in [0.15, 0.2) is 42.5 Å². The third-order valence-electron chi connectivity index (χ3n) is 6.45. The van der Waals surface area contributed by atoms with Crippen LogP contribution in [0.1, 0.15) is 32.8 Å². The van der Waals surface area contributed by atoms with Crippen molar-refractivity contribution in [2.24, 2.45) is 0 Å². The molecule has 0 radical (unpaired) electrons. The lowest BCUT2D eigenvalue weighted by molar-refractivity contribution is -0.384. The summed E-state index contributed by atoms with van der Waals surface area (Å²) in [7, 11) is -0.380. The van der Waals surface area contributed by atoms with Crippen LogP contribution < -0.4 is 4.74 Å². The first kappa shape index (κ1) is 23.9. The fraction of sp³-hybridized carbons (Fsp3) is 0.458. The largest absolute Gasteiger partial charge is 0.496 e. The molecular formula is C24H32N2O5Si. The zero-order valence-corrected chi connectivity index (χ0v) is 20.7. The molecule has 7 nitrogen and oxygen atoms in total. The number of benzene rings is 2. The van der Waals surface area contributed by atoms with E-state index < -0.39 is 13.2 Å². The minimum absolute atomic E-state index is 0.0234. The summed E-state index contributed by atoms with van der Waals surface area (Å²) in [6, 6.07) is 12.2. The second-order valence-corrected chi connectivity index (χ2v) is 14.6. The van der Waals surface area contributed by atoms with Gasteiger partial charge in [-0.2, -0.15) is 0 Å². The van der Waals surface area contributed by atoms with Crippen molar-refractivity contribution in [2.75, 3.05) is 13.7 Å². The molecule has 1 aliphatic rings. The molecule has 1 saturated heterocycles. The van der Waals surface area contributed by atoms with Crippen molar-refractivity contribution in [3.05, 3.63) is 58.1 Å². The van der Waals surface area contributed by atoms with Crippen LogP contribution in [0.4, 0.5) is 5.69 Å². The number of nitro groups is 1. The summed E-state index contributed by atoms with van der Waals surface area (Å²) in [5, 5.41) is 11.3. The molecule has 1 fully saturated rings. The fourth-order valence-corrected chi connectivity index (χ4v) is 4.99. The normalized spacial score (nSPS) is 17.0. The maximum Gasteiger partial charge on any atom is 0.270 e. The second-order valence-electron chi connectivity index (χ2n) is 9.82. The quantitative estimate of drug-likeness (QED) is 0.317. The number of carbonyl (C=O) groups excluding carboxylic acids is 1. The van der Waals surface area contributed by atoms with Gasteiger partial charge in [-0.25, -0.2) is 0 Å². The average Bonchev–Trinajstić information content (AvgIpc) is 3.05. The van der Waals surface area contributed by atoms with E-state index in [0.29, 0.717) is 30.8 Å². The van der Waals surface area contributed by atoms with E-state index in [-0.39, 0.29) is 22.7 Å². The molecule has 0 saturated carbocycles. The summed E-state index contributed by atoms with van der Waals surface area (Å²) in [4.78, 5) is 25.3. The lowest BCUT2D eigenvalue weighted by Crippen LogP contribution is -2.44. The molecular weight excluding hydrogens is 424 g/mol. The van der Waals surface area contributed by atoms with E-state index in [4.69, 9.17) is 9.16 Å². The SMILES string of the molecule is COc1ccc(CN2C[C@@H](O[Si](C)(C)C(C)(C)C)CC2=O)cc1-c1cccc([N+](=O)[O-])c1. The molecule has 0 spiro atoms. The van der Waals surface area contributed by atoms with Crippen LogP contribution in [-0.2, 0) is 15.8 Å². The number of nitrogens with zero attached hydrogens (tertiary/aromatic N) is 2. The number of ether oxygens (including phenoxy) is 1. The van der Waals surface area contributed by atoms with Gasteiger partial charge in [0.15, 0.2) is 8.32 Å². The topological polar surface area (TPSA) is 81.9 Å². The minimum Gasteiger partial charge on any atom is -0.496 e. The predicted octanol–water partition coefficient (Wildman–Crippen LogP) is 5.39. The van der Waals surface area contributed by atoms with Crippen LogP contribution in [0.25, 0.3) is 11.1 Å². The first-order valence-electron chi connectivity index (χ1n) is 10.8. The van der Waals surface area contributed by atoms with E-state index >= 15 is 0 Å². The van der Waals surface area contributed by atoms with Crippen LogP contribution in [0.2, 0.25) is 18.1 Å². The number of methoxy groups -OCH3 is 1. The Bertz CT molecular complexity index is 1020. The summed E-state index contributed by atoms with van der Waals surface area (Å²) >= 11 is 0. The Morgan fingerprint density at radius 3 is 2.53 bits per heavy atom. The van der Waals surface area contributed by atoms with Gasteiger partial charge in [-0.3, -0.25) is 14.9 Å². The number of hydrogen-bond donors (Lipinski definition) is 0. The molecule has 0 aliphatic carbocycles. The standard InChI is InChI=1S/C24H32N2O5Si/c1-24(2,3)32(5,6)31-20-14-23(27)25(16-20)15-17-10-11-22(30-4)21(12-17)18-8-7-9-19(13-18)26(28)29/h7-13,20H,14-16H2,1-6H3/t20-/m0/s1. The van der Waals surface area contributed by atoms with Gasteiger partial charge in [-0.05, 0) is 41.4 Å². The van der Waals surface area contributed by atoms with Crippen LogP contribution >= 0.6 is 0 Å². The summed E-state index contributed by atoms with van der Waals surface area (Å²) < 4.78 is 11.9. The van der Waals surface area contributed by atoms with E-state index in [1.54, 1.807) is 13.2 Å². The van der Waals surface area contributed by atoms with Gasteiger partial charge in [0.25, 0.3) is 5.69 Å². The Kier molecular flexibility index (Phi) is 6.76. The Morgan fingerprint density at radius 1 is 1.19 bits per heavy atom. The summed E-state index contributed by atoms with van der Waals surface area (Å²) in [6.07, 6.45) is 0.318. The van der Waals surface area contributed by atoms with E-state index in [1.807, 2.05) is 29.2 Å². The monoisotopic (exact) mass is 456 g/mol. The van der Waals surface area contributed by atoms with Gasteiger partial charge >= 0.3 is 0 Å². The summed E-state index contributed by atoms with van der Waals surface area (Å²) in [6.45, 7) is 12.0. The third-order valence-corrected chi connectivity index (χ3v) is 11.0. The van der Waals surface area contributed by atoms with E-state index in [0.717, 1.165) is 11.1 Å². The smallest absolute Gasteiger partial charge is 0.270 e. The summed E-state index contributed by atoms with van der Waals surface area (Å²) in [5.74, 6) is 0.711. The van der Waals surface area contributed by atoms with Crippen LogP contribution in [0, 0.1) is 10.1 Å².